The van der Waals surface area contributed by atoms with Crippen LogP contribution in [0.15, 0.2) is 42.5 Å². The molecule has 0 fully saturated rings. The normalized spacial score (nSPS) is 13.4. The van der Waals surface area contributed by atoms with E-state index in [-0.39, 0.29) is 18.4 Å². The molecular formula is C19H20FN3O3. The summed E-state index contributed by atoms with van der Waals surface area (Å²) in [6.07, 6.45) is 0. The third-order valence-corrected chi connectivity index (χ3v) is 4.04. The van der Waals surface area contributed by atoms with Crippen LogP contribution in [0.3, 0.4) is 0 Å². The predicted molar refractivity (Wildman–Crippen MR) is 97.2 cm³/mol. The summed E-state index contributed by atoms with van der Waals surface area (Å²) in [4.78, 5) is 28.1. The summed E-state index contributed by atoms with van der Waals surface area (Å²) in [5.74, 6) is -0.296. The van der Waals surface area contributed by atoms with Crippen molar-refractivity contribution in [3.8, 4) is 5.75 Å². The van der Waals surface area contributed by atoms with Gasteiger partial charge in [0.15, 0.2) is 6.61 Å². The first-order valence-corrected chi connectivity index (χ1v) is 8.23. The highest BCUT2D eigenvalue weighted by Gasteiger charge is 2.25. The van der Waals surface area contributed by atoms with Gasteiger partial charge in [-0.05, 0) is 50.5 Å². The number of benzene rings is 2. The minimum Gasteiger partial charge on any atom is -0.481 e. The van der Waals surface area contributed by atoms with E-state index in [1.54, 1.807) is 23.1 Å². The van der Waals surface area contributed by atoms with Gasteiger partial charge in [-0.25, -0.2) is 4.39 Å². The largest absolute Gasteiger partial charge is 0.481 e. The van der Waals surface area contributed by atoms with Crippen molar-refractivity contribution in [2.45, 2.75) is 0 Å². The van der Waals surface area contributed by atoms with Gasteiger partial charge in [0.1, 0.15) is 11.6 Å². The minimum absolute atomic E-state index is 0.0320. The second-order valence-electron chi connectivity index (χ2n) is 6.28. The summed E-state index contributed by atoms with van der Waals surface area (Å²) in [5.41, 5.74) is 1.58. The summed E-state index contributed by atoms with van der Waals surface area (Å²) in [6, 6.07) is 10.5. The Labute approximate surface area is 151 Å². The van der Waals surface area contributed by atoms with Crippen molar-refractivity contribution < 1.29 is 18.7 Å². The first-order chi connectivity index (χ1) is 12.4. The average molecular weight is 357 g/mol. The number of rotatable bonds is 5. The quantitative estimate of drug-likeness (QED) is 0.892. The monoisotopic (exact) mass is 357 g/mol. The fourth-order valence-corrected chi connectivity index (χ4v) is 2.63. The average Bonchev–Trinajstić information content (AvgIpc) is 2.61. The van der Waals surface area contributed by atoms with Crippen LogP contribution in [-0.2, 0) is 4.79 Å². The van der Waals surface area contributed by atoms with E-state index in [4.69, 9.17) is 4.74 Å². The van der Waals surface area contributed by atoms with Crippen molar-refractivity contribution in [3.05, 3.63) is 53.8 Å². The Morgan fingerprint density at radius 3 is 2.65 bits per heavy atom. The van der Waals surface area contributed by atoms with Crippen molar-refractivity contribution in [3.63, 3.8) is 0 Å². The number of carbonyl (C=O) groups excluding carboxylic acids is 2. The Morgan fingerprint density at radius 1 is 1.23 bits per heavy atom. The van der Waals surface area contributed by atoms with Crippen LogP contribution >= 0.6 is 0 Å². The standard InChI is InChI=1S/C19H20FN3O3/c1-22(2)9-10-23-16-8-7-15(11-17(16)26-12-18(23)24)21-19(25)13-3-5-14(20)6-4-13/h3-8,11H,9-10,12H2,1-2H3,(H,21,25). The molecule has 3 rings (SSSR count). The second-order valence-corrected chi connectivity index (χ2v) is 6.28. The molecule has 1 heterocycles. The van der Waals surface area contributed by atoms with Crippen LogP contribution in [0, 0.1) is 5.82 Å². The lowest BCUT2D eigenvalue weighted by atomic mass is 10.1. The number of likely N-dealkylation sites (N-methyl/N-ethyl adjacent to an activating group) is 1. The maximum Gasteiger partial charge on any atom is 0.265 e. The van der Waals surface area contributed by atoms with Gasteiger partial charge in [0.25, 0.3) is 11.8 Å². The fourth-order valence-electron chi connectivity index (χ4n) is 2.63. The van der Waals surface area contributed by atoms with Gasteiger partial charge in [-0.2, -0.15) is 0 Å². The zero-order chi connectivity index (χ0) is 18.7. The fraction of sp³-hybridized carbons (Fsp3) is 0.263. The van der Waals surface area contributed by atoms with Crippen LogP contribution in [0.4, 0.5) is 15.8 Å². The van der Waals surface area contributed by atoms with E-state index >= 15 is 0 Å². The lowest BCUT2D eigenvalue weighted by Crippen LogP contribution is -2.42. The molecule has 0 aliphatic carbocycles. The zero-order valence-corrected chi connectivity index (χ0v) is 14.7. The molecular weight excluding hydrogens is 337 g/mol. The number of ether oxygens (including phenoxy) is 1. The number of nitrogens with one attached hydrogen (secondary N) is 1. The molecule has 0 saturated heterocycles. The van der Waals surface area contributed by atoms with Crippen molar-refractivity contribution in [2.75, 3.05) is 44.0 Å². The van der Waals surface area contributed by atoms with Crippen molar-refractivity contribution in [2.24, 2.45) is 0 Å². The molecule has 0 unspecified atom stereocenters. The summed E-state index contributed by atoms with van der Waals surface area (Å²) in [5, 5.41) is 2.75. The molecule has 0 saturated carbocycles. The zero-order valence-electron chi connectivity index (χ0n) is 14.7. The van der Waals surface area contributed by atoms with Gasteiger partial charge < -0.3 is 19.9 Å². The SMILES string of the molecule is CN(C)CCN1C(=O)COc2cc(NC(=O)c3ccc(F)cc3)ccc21. The number of hydrogen-bond acceptors (Lipinski definition) is 4. The van der Waals surface area contributed by atoms with E-state index in [1.165, 1.54) is 24.3 Å². The highest BCUT2D eigenvalue weighted by atomic mass is 19.1. The van der Waals surface area contributed by atoms with Crippen LogP contribution in [0.1, 0.15) is 10.4 Å². The minimum atomic E-state index is -0.397. The smallest absolute Gasteiger partial charge is 0.265 e. The molecule has 1 aliphatic rings. The molecule has 1 N–H and O–H groups in total. The van der Waals surface area contributed by atoms with Crippen LogP contribution < -0.4 is 15.0 Å². The van der Waals surface area contributed by atoms with E-state index in [2.05, 4.69) is 5.32 Å². The van der Waals surface area contributed by atoms with Crippen LogP contribution in [-0.4, -0.2) is 50.5 Å². The second kappa shape index (κ2) is 7.53. The Bertz CT molecular complexity index is 821. The molecule has 2 aromatic carbocycles. The Balaban J connectivity index is 1.76. The van der Waals surface area contributed by atoms with Crippen molar-refractivity contribution >= 4 is 23.2 Å². The number of amides is 2. The van der Waals surface area contributed by atoms with Gasteiger partial charge in [-0.15, -0.1) is 0 Å². The molecule has 7 heteroatoms. The van der Waals surface area contributed by atoms with Crippen molar-refractivity contribution in [1.82, 2.24) is 4.90 Å². The molecule has 0 spiro atoms. The van der Waals surface area contributed by atoms with Crippen LogP contribution in [0.5, 0.6) is 5.75 Å². The Kier molecular flexibility index (Phi) is 5.18. The topological polar surface area (TPSA) is 61.9 Å². The first kappa shape index (κ1) is 17.9. The van der Waals surface area contributed by atoms with Gasteiger partial charge in [-0.3, -0.25) is 9.59 Å². The van der Waals surface area contributed by atoms with Crippen LogP contribution in [0.25, 0.3) is 0 Å². The van der Waals surface area contributed by atoms with Crippen LogP contribution in [0.2, 0.25) is 0 Å². The number of hydrogen-bond donors (Lipinski definition) is 1. The van der Waals surface area contributed by atoms with Crippen molar-refractivity contribution in [1.29, 1.82) is 0 Å². The van der Waals surface area contributed by atoms with Gasteiger partial charge in [-0.1, -0.05) is 0 Å². The number of fused-ring (bicyclic) bond motifs is 1. The molecule has 0 radical (unpaired) electrons. The highest BCUT2D eigenvalue weighted by molar-refractivity contribution is 6.05. The summed E-state index contributed by atoms with van der Waals surface area (Å²) in [6.45, 7) is 1.26. The maximum atomic E-state index is 13.0. The predicted octanol–water partition coefficient (Wildman–Crippen LogP) is 2.37. The first-order valence-electron chi connectivity index (χ1n) is 8.23. The molecule has 0 aromatic heterocycles. The van der Waals surface area contributed by atoms with Gasteiger partial charge in [0.05, 0.1) is 5.69 Å². The van der Waals surface area contributed by atoms with Gasteiger partial charge in [0, 0.05) is 30.4 Å². The highest BCUT2D eigenvalue weighted by Crippen LogP contribution is 2.34. The maximum absolute atomic E-state index is 13.0. The molecule has 136 valence electrons. The van der Waals surface area contributed by atoms with Gasteiger partial charge in [0.2, 0.25) is 0 Å². The number of carbonyl (C=O) groups is 2. The summed E-state index contributed by atoms with van der Waals surface area (Å²) in [7, 11) is 3.89. The molecule has 0 bridgehead atoms. The molecule has 1 aliphatic heterocycles. The Morgan fingerprint density at radius 2 is 1.96 bits per heavy atom. The molecule has 2 aromatic rings. The molecule has 0 atom stereocenters. The third kappa shape index (κ3) is 4.00. The lowest BCUT2D eigenvalue weighted by Gasteiger charge is -2.30. The molecule has 26 heavy (non-hydrogen) atoms. The van der Waals surface area contributed by atoms with E-state index < -0.39 is 5.82 Å². The van der Waals surface area contributed by atoms with E-state index in [0.717, 1.165) is 6.54 Å². The Hall–Kier alpha value is -2.93. The number of nitrogens with zero attached hydrogens (tertiary/aromatic N) is 2. The lowest BCUT2D eigenvalue weighted by molar-refractivity contribution is -0.121. The third-order valence-electron chi connectivity index (χ3n) is 4.04. The van der Waals surface area contributed by atoms with E-state index in [1.807, 2.05) is 19.0 Å². The summed E-state index contributed by atoms with van der Waals surface area (Å²) >= 11 is 0. The number of halogens is 1. The van der Waals surface area contributed by atoms with E-state index in [9.17, 15) is 14.0 Å². The molecule has 6 nitrogen and oxygen atoms in total. The van der Waals surface area contributed by atoms with Gasteiger partial charge >= 0.3 is 0 Å². The number of anilines is 2. The summed E-state index contributed by atoms with van der Waals surface area (Å²) < 4.78 is 18.5. The molecule has 2 amide bonds. The van der Waals surface area contributed by atoms with E-state index in [0.29, 0.717) is 29.2 Å².